The van der Waals surface area contributed by atoms with E-state index in [-0.39, 0.29) is 17.7 Å². The van der Waals surface area contributed by atoms with E-state index in [4.69, 9.17) is 15.7 Å². The number of nitrogens with one attached hydrogen (secondary N) is 1. The van der Waals surface area contributed by atoms with Gasteiger partial charge in [0.15, 0.2) is 5.60 Å². The summed E-state index contributed by atoms with van der Waals surface area (Å²) in [6.45, 7) is -3.68. The highest BCUT2D eigenvalue weighted by atomic mass is 16.5. The standard InChI is InChI=1S/C25H35NO4/c1-6-10-18(2)17-30-21-15-13-19(14-16-21)22(24(3,4)28)26-23(27)25(5,29)20-11-8-7-9-12-20/h7-9,11-16,18,22,28-29H,6,10,17H2,1-5H3,(H,26,27)/t18-,22-,25-/m1/s1/i2D3,5D3,17D2. The van der Waals surface area contributed by atoms with Crippen molar-refractivity contribution in [1.82, 2.24) is 5.32 Å². The normalized spacial score (nSPS) is 21.0. The Kier molecular flexibility index (Phi) is 4.91. The highest BCUT2D eigenvalue weighted by Crippen LogP contribution is 2.29. The minimum Gasteiger partial charge on any atom is -0.493 e. The Hall–Kier alpha value is -2.37. The average molecular weight is 422 g/mol. The van der Waals surface area contributed by atoms with Gasteiger partial charge in [0.1, 0.15) is 5.75 Å². The molecule has 0 fully saturated rings. The van der Waals surface area contributed by atoms with Crippen LogP contribution in [0.15, 0.2) is 54.6 Å². The van der Waals surface area contributed by atoms with Crippen LogP contribution in [0, 0.1) is 5.92 Å². The van der Waals surface area contributed by atoms with Gasteiger partial charge in [-0.15, -0.1) is 0 Å². The molecule has 0 spiro atoms. The van der Waals surface area contributed by atoms with Crippen LogP contribution in [0.2, 0.25) is 0 Å². The summed E-state index contributed by atoms with van der Waals surface area (Å²) in [6, 6.07) is 11.6. The highest BCUT2D eigenvalue weighted by molar-refractivity contribution is 5.86. The lowest BCUT2D eigenvalue weighted by Crippen LogP contribution is -2.49. The van der Waals surface area contributed by atoms with Gasteiger partial charge in [0, 0.05) is 8.22 Å². The molecule has 0 unspecified atom stereocenters. The van der Waals surface area contributed by atoms with Gasteiger partial charge in [-0.2, -0.15) is 0 Å². The largest absolute Gasteiger partial charge is 0.493 e. The molecule has 164 valence electrons. The summed E-state index contributed by atoms with van der Waals surface area (Å²) in [4.78, 5) is 13.3. The zero-order valence-corrected chi connectivity index (χ0v) is 17.5. The minimum atomic E-state index is -3.14. The predicted molar refractivity (Wildman–Crippen MR) is 119 cm³/mol. The van der Waals surface area contributed by atoms with Crippen molar-refractivity contribution < 1.29 is 30.7 Å². The molecule has 0 bridgehead atoms. The monoisotopic (exact) mass is 421 g/mol. The van der Waals surface area contributed by atoms with E-state index in [1.165, 1.54) is 62.4 Å². The van der Waals surface area contributed by atoms with Gasteiger partial charge in [0.2, 0.25) is 0 Å². The van der Waals surface area contributed by atoms with Crippen molar-refractivity contribution >= 4 is 5.91 Å². The maximum Gasteiger partial charge on any atom is 0.256 e. The number of aliphatic hydroxyl groups is 2. The molecule has 3 atom stereocenters. The predicted octanol–water partition coefficient (Wildman–Crippen LogP) is 4.34. The Labute approximate surface area is 191 Å². The third kappa shape index (κ3) is 6.31. The molecule has 1 amide bonds. The summed E-state index contributed by atoms with van der Waals surface area (Å²) in [5, 5.41) is 24.4. The first-order valence-corrected chi connectivity index (χ1v) is 9.85. The molecule has 0 heterocycles. The molecular formula is C25H35NO4. The lowest BCUT2D eigenvalue weighted by Gasteiger charge is -2.33. The Morgan fingerprint density at radius 2 is 1.83 bits per heavy atom. The van der Waals surface area contributed by atoms with Crippen LogP contribution in [0.1, 0.15) is 75.5 Å². The van der Waals surface area contributed by atoms with Crippen molar-refractivity contribution in [2.75, 3.05) is 6.56 Å². The second-order valence-electron chi connectivity index (χ2n) is 7.77. The van der Waals surface area contributed by atoms with Crippen molar-refractivity contribution in [3.8, 4) is 5.75 Å². The van der Waals surface area contributed by atoms with Crippen LogP contribution in [0.3, 0.4) is 0 Å². The second kappa shape index (κ2) is 10.1. The number of carbonyl (C=O) groups excluding carboxylic acids is 1. The molecule has 0 aromatic heterocycles. The number of ether oxygens (including phenoxy) is 1. The molecule has 0 aliphatic carbocycles. The summed E-state index contributed by atoms with van der Waals surface area (Å²) in [5.41, 5.74) is -4.36. The number of hydrogen-bond donors (Lipinski definition) is 3. The van der Waals surface area contributed by atoms with Gasteiger partial charge in [-0.1, -0.05) is 62.7 Å². The van der Waals surface area contributed by atoms with Gasteiger partial charge < -0.3 is 20.3 Å². The molecule has 2 aromatic carbocycles. The van der Waals surface area contributed by atoms with Gasteiger partial charge in [-0.25, -0.2) is 0 Å². The molecule has 0 aliphatic heterocycles. The quantitative estimate of drug-likeness (QED) is 0.533. The Morgan fingerprint density at radius 1 is 1.17 bits per heavy atom. The van der Waals surface area contributed by atoms with Crippen LogP contribution in [-0.2, 0) is 10.4 Å². The summed E-state index contributed by atoms with van der Waals surface area (Å²) >= 11 is 0. The third-order valence-electron chi connectivity index (χ3n) is 4.61. The van der Waals surface area contributed by atoms with Crippen molar-refractivity contribution in [1.29, 1.82) is 0 Å². The maximum absolute atomic E-state index is 13.3. The lowest BCUT2D eigenvalue weighted by atomic mass is 9.89. The van der Waals surface area contributed by atoms with Gasteiger partial charge in [0.05, 0.1) is 20.9 Å². The van der Waals surface area contributed by atoms with Crippen molar-refractivity contribution in [3.63, 3.8) is 0 Å². The van der Waals surface area contributed by atoms with E-state index >= 15 is 0 Å². The molecule has 0 saturated heterocycles. The van der Waals surface area contributed by atoms with Crippen molar-refractivity contribution in [3.05, 3.63) is 65.7 Å². The van der Waals surface area contributed by atoms with Crippen LogP contribution in [-0.4, -0.2) is 28.3 Å². The van der Waals surface area contributed by atoms with E-state index in [9.17, 15) is 15.0 Å². The fraction of sp³-hybridized carbons (Fsp3) is 0.480. The number of benzene rings is 2. The molecule has 0 aliphatic rings. The summed E-state index contributed by atoms with van der Waals surface area (Å²) < 4.78 is 68.4. The second-order valence-corrected chi connectivity index (χ2v) is 7.77. The summed E-state index contributed by atoms with van der Waals surface area (Å²) in [7, 11) is 0. The van der Waals surface area contributed by atoms with Gasteiger partial charge in [0.25, 0.3) is 5.91 Å². The zero-order valence-electron chi connectivity index (χ0n) is 25.5. The molecular weight excluding hydrogens is 378 g/mol. The summed E-state index contributed by atoms with van der Waals surface area (Å²) in [5.74, 6) is -2.58. The fourth-order valence-electron chi connectivity index (χ4n) is 2.93. The van der Waals surface area contributed by atoms with Crippen LogP contribution in [0.4, 0.5) is 0 Å². The first-order chi connectivity index (χ1) is 17.2. The summed E-state index contributed by atoms with van der Waals surface area (Å²) in [6.07, 6.45) is 0.533. The molecule has 2 rings (SSSR count). The third-order valence-corrected chi connectivity index (χ3v) is 4.61. The average Bonchev–Trinajstić information content (AvgIpc) is 2.79. The molecule has 5 nitrogen and oxygen atoms in total. The van der Waals surface area contributed by atoms with Gasteiger partial charge >= 0.3 is 0 Å². The Bertz CT molecular complexity index is 1070. The lowest BCUT2D eigenvalue weighted by molar-refractivity contribution is -0.141. The van der Waals surface area contributed by atoms with Crippen molar-refractivity contribution in [2.45, 2.75) is 64.6 Å². The fourth-order valence-corrected chi connectivity index (χ4v) is 2.93. The van der Waals surface area contributed by atoms with Crippen LogP contribution < -0.4 is 10.1 Å². The van der Waals surface area contributed by atoms with E-state index in [0.29, 0.717) is 12.0 Å². The zero-order chi connectivity index (χ0) is 29.2. The van der Waals surface area contributed by atoms with Crippen LogP contribution in [0.25, 0.3) is 0 Å². The topological polar surface area (TPSA) is 78.8 Å². The maximum atomic E-state index is 13.3. The van der Waals surface area contributed by atoms with Gasteiger partial charge in [-0.3, -0.25) is 4.79 Å². The van der Waals surface area contributed by atoms with Crippen LogP contribution >= 0.6 is 0 Å². The molecule has 30 heavy (non-hydrogen) atoms. The number of amides is 1. The number of hydrogen-bond acceptors (Lipinski definition) is 4. The van der Waals surface area contributed by atoms with E-state index < -0.39 is 49.3 Å². The molecule has 0 saturated carbocycles. The minimum absolute atomic E-state index is 0.0215. The highest BCUT2D eigenvalue weighted by Gasteiger charge is 2.37. The number of rotatable bonds is 10. The van der Waals surface area contributed by atoms with Crippen molar-refractivity contribution in [2.24, 2.45) is 5.92 Å². The van der Waals surface area contributed by atoms with Crippen LogP contribution in [0.5, 0.6) is 5.75 Å². The Balaban J connectivity index is 2.38. The molecule has 0 radical (unpaired) electrons. The van der Waals surface area contributed by atoms with E-state index in [2.05, 4.69) is 5.32 Å². The first-order valence-electron chi connectivity index (χ1n) is 13.9. The van der Waals surface area contributed by atoms with E-state index in [1.54, 1.807) is 13.0 Å². The molecule has 5 heteroatoms. The molecule has 2 aromatic rings. The van der Waals surface area contributed by atoms with E-state index in [1.807, 2.05) is 0 Å². The SMILES string of the molecule is [2H]C([2H])([2H])[C@H](CCC)C([2H])([2H])Oc1ccc([C@@H](NC(=O)[C@](O)(c2ccccc2)C([2H])([2H])[2H])C(C)(C)O)cc1. The number of carbonyl (C=O) groups is 1. The Morgan fingerprint density at radius 3 is 2.37 bits per heavy atom. The van der Waals surface area contributed by atoms with E-state index in [0.717, 1.165) is 0 Å². The first kappa shape index (κ1) is 14.6. The smallest absolute Gasteiger partial charge is 0.256 e. The molecule has 3 N–H and O–H groups in total. The van der Waals surface area contributed by atoms with Gasteiger partial charge in [-0.05, 0) is 56.3 Å².